The minimum absolute atomic E-state index is 0.0126. The van der Waals surface area contributed by atoms with E-state index in [1.165, 1.54) is 18.3 Å². The zero-order valence-corrected chi connectivity index (χ0v) is 10.2. The van der Waals surface area contributed by atoms with Crippen molar-refractivity contribution in [3.63, 3.8) is 0 Å². The Labute approximate surface area is 110 Å². The Morgan fingerprint density at radius 3 is 2.58 bits per heavy atom. The Hall–Kier alpha value is -2.06. The molecule has 0 saturated carbocycles. The molecular formula is C11H8F2N3O2S-. The number of rotatable bonds is 3. The highest BCUT2D eigenvalue weighted by Crippen LogP contribution is 2.32. The predicted octanol–water partition coefficient (Wildman–Crippen LogP) is 1.87. The summed E-state index contributed by atoms with van der Waals surface area (Å²) in [6, 6.07) is 5.35. The first kappa shape index (κ1) is 13.4. The van der Waals surface area contributed by atoms with Crippen LogP contribution in [0.25, 0.3) is 0 Å². The third kappa shape index (κ3) is 2.69. The first-order valence-electron chi connectivity index (χ1n) is 5.05. The van der Waals surface area contributed by atoms with E-state index in [4.69, 9.17) is 5.73 Å². The van der Waals surface area contributed by atoms with Crippen LogP contribution < -0.4 is 10.0 Å². The zero-order valence-electron chi connectivity index (χ0n) is 9.42. The van der Waals surface area contributed by atoms with Crippen molar-refractivity contribution in [1.82, 2.24) is 4.98 Å². The Balaban J connectivity index is 2.59. The van der Waals surface area contributed by atoms with Crippen LogP contribution in [0, 0.1) is 11.6 Å². The van der Waals surface area contributed by atoms with Crippen LogP contribution in [0.2, 0.25) is 0 Å². The molecule has 0 saturated heterocycles. The largest absolute Gasteiger partial charge is 0.755 e. The number of nitrogens with zero attached hydrogens (tertiary/aromatic N) is 2. The lowest BCUT2D eigenvalue weighted by atomic mass is 10.2. The summed E-state index contributed by atoms with van der Waals surface area (Å²) in [6.07, 6.45) is 1.37. The third-order valence-corrected chi connectivity index (χ3v) is 3.00. The molecule has 1 aromatic heterocycles. The van der Waals surface area contributed by atoms with Gasteiger partial charge in [-0.15, -0.1) is 0 Å². The van der Waals surface area contributed by atoms with E-state index in [-0.39, 0.29) is 17.2 Å². The van der Waals surface area contributed by atoms with Gasteiger partial charge in [-0.3, -0.25) is 8.51 Å². The molecule has 0 aliphatic rings. The number of hydrogen-bond donors (Lipinski definition) is 1. The summed E-state index contributed by atoms with van der Waals surface area (Å²) in [5.74, 6) is -1.92. The highest BCUT2D eigenvalue weighted by molar-refractivity contribution is 7.81. The van der Waals surface area contributed by atoms with Crippen molar-refractivity contribution in [3.8, 4) is 0 Å². The second-order valence-corrected chi connectivity index (χ2v) is 4.31. The highest BCUT2D eigenvalue weighted by atomic mass is 32.2. The van der Waals surface area contributed by atoms with Crippen molar-refractivity contribution < 1.29 is 17.5 Å². The van der Waals surface area contributed by atoms with Gasteiger partial charge in [0.25, 0.3) is 0 Å². The van der Waals surface area contributed by atoms with Gasteiger partial charge in [0.1, 0.15) is 11.6 Å². The number of pyridine rings is 1. The maximum atomic E-state index is 13.7. The van der Waals surface area contributed by atoms with Crippen molar-refractivity contribution in [2.75, 3.05) is 10.0 Å². The van der Waals surface area contributed by atoms with E-state index in [1.54, 1.807) is 0 Å². The van der Waals surface area contributed by atoms with Gasteiger partial charge in [0, 0.05) is 12.3 Å². The minimum Gasteiger partial charge on any atom is -0.755 e. The average molecular weight is 284 g/mol. The van der Waals surface area contributed by atoms with Gasteiger partial charge in [-0.1, -0.05) is 0 Å². The molecule has 0 spiro atoms. The summed E-state index contributed by atoms with van der Waals surface area (Å²) >= 11 is -2.83. The van der Waals surface area contributed by atoms with Crippen molar-refractivity contribution in [2.24, 2.45) is 0 Å². The maximum absolute atomic E-state index is 13.7. The molecule has 1 unspecified atom stereocenters. The van der Waals surface area contributed by atoms with Crippen molar-refractivity contribution in [2.45, 2.75) is 0 Å². The van der Waals surface area contributed by atoms with Crippen LogP contribution >= 0.6 is 0 Å². The molecular weight excluding hydrogens is 276 g/mol. The van der Waals surface area contributed by atoms with Gasteiger partial charge in [0.05, 0.1) is 22.6 Å². The Kier molecular flexibility index (Phi) is 3.72. The van der Waals surface area contributed by atoms with E-state index < -0.39 is 22.9 Å². The summed E-state index contributed by atoms with van der Waals surface area (Å²) in [6.45, 7) is 0. The molecule has 2 rings (SSSR count). The van der Waals surface area contributed by atoms with Gasteiger partial charge in [0.2, 0.25) is 0 Å². The maximum Gasteiger partial charge on any atom is 0.150 e. The van der Waals surface area contributed by atoms with Crippen LogP contribution in [-0.4, -0.2) is 13.7 Å². The molecule has 2 aromatic rings. The number of anilines is 3. The molecule has 1 heterocycles. The van der Waals surface area contributed by atoms with Crippen LogP contribution in [0.5, 0.6) is 0 Å². The summed E-state index contributed by atoms with van der Waals surface area (Å²) in [4.78, 5) is 3.72. The lowest BCUT2D eigenvalue weighted by Crippen LogP contribution is -2.22. The van der Waals surface area contributed by atoms with Crippen molar-refractivity contribution >= 4 is 28.5 Å². The highest BCUT2D eigenvalue weighted by Gasteiger charge is 2.18. The first-order valence-corrected chi connectivity index (χ1v) is 6.09. The number of benzene rings is 1. The molecule has 0 radical (unpaired) electrons. The Morgan fingerprint density at radius 1 is 1.26 bits per heavy atom. The zero-order chi connectivity index (χ0) is 14.0. The number of hydrogen-bond acceptors (Lipinski definition) is 4. The second kappa shape index (κ2) is 5.29. The van der Waals surface area contributed by atoms with E-state index in [1.807, 2.05) is 0 Å². The molecule has 0 aliphatic heterocycles. The molecule has 1 aromatic carbocycles. The fraction of sp³-hybridized carbons (Fsp3) is 0. The summed E-state index contributed by atoms with van der Waals surface area (Å²) in [7, 11) is 0. The smallest absolute Gasteiger partial charge is 0.150 e. The Bertz CT molecular complexity index is 639. The minimum atomic E-state index is -2.83. The summed E-state index contributed by atoms with van der Waals surface area (Å²) < 4.78 is 49.7. The van der Waals surface area contributed by atoms with Gasteiger partial charge in [-0.25, -0.2) is 13.8 Å². The lowest BCUT2D eigenvalue weighted by Gasteiger charge is -2.27. The molecule has 0 fully saturated rings. The van der Waals surface area contributed by atoms with E-state index in [2.05, 4.69) is 4.98 Å². The monoisotopic (exact) mass is 284 g/mol. The lowest BCUT2D eigenvalue weighted by molar-refractivity contribution is 0.534. The normalized spacial score (nSPS) is 12.2. The van der Waals surface area contributed by atoms with Gasteiger partial charge in [-0.2, -0.15) is 0 Å². The van der Waals surface area contributed by atoms with Crippen LogP contribution in [0.15, 0.2) is 36.5 Å². The van der Waals surface area contributed by atoms with E-state index in [0.29, 0.717) is 10.4 Å². The molecule has 8 heteroatoms. The number of nitrogen functional groups attached to an aromatic ring is 1. The molecule has 5 nitrogen and oxygen atoms in total. The molecule has 100 valence electrons. The van der Waals surface area contributed by atoms with Gasteiger partial charge < -0.3 is 10.3 Å². The first-order chi connectivity index (χ1) is 9.00. The molecule has 1 atom stereocenters. The molecule has 0 aliphatic carbocycles. The predicted molar refractivity (Wildman–Crippen MR) is 66.1 cm³/mol. The SMILES string of the molecule is Nc1ncccc1N(c1ccc(F)cc1F)S(=O)[O-]. The molecule has 0 bridgehead atoms. The number of aromatic nitrogens is 1. The van der Waals surface area contributed by atoms with E-state index >= 15 is 0 Å². The van der Waals surface area contributed by atoms with Gasteiger partial charge in [-0.05, 0) is 24.3 Å². The molecule has 2 N–H and O–H groups in total. The fourth-order valence-corrected chi connectivity index (χ4v) is 2.14. The fourth-order valence-electron chi connectivity index (χ4n) is 1.52. The molecule has 19 heavy (non-hydrogen) atoms. The number of nitrogens with two attached hydrogens (primary N) is 1. The topological polar surface area (TPSA) is 82.3 Å². The van der Waals surface area contributed by atoms with E-state index in [9.17, 15) is 17.5 Å². The third-order valence-electron chi connectivity index (χ3n) is 2.31. The number of halogens is 2. The van der Waals surface area contributed by atoms with Crippen LogP contribution in [-0.2, 0) is 11.3 Å². The second-order valence-electron chi connectivity index (χ2n) is 3.51. The summed E-state index contributed by atoms with van der Waals surface area (Å²) in [5, 5.41) is 0. The average Bonchev–Trinajstić information content (AvgIpc) is 2.34. The Morgan fingerprint density at radius 2 is 2.00 bits per heavy atom. The summed E-state index contributed by atoms with van der Waals surface area (Å²) in [5.41, 5.74) is 5.20. The van der Waals surface area contributed by atoms with Gasteiger partial charge >= 0.3 is 0 Å². The van der Waals surface area contributed by atoms with Crippen molar-refractivity contribution in [1.29, 1.82) is 0 Å². The van der Waals surface area contributed by atoms with Crippen molar-refractivity contribution in [3.05, 3.63) is 48.2 Å². The van der Waals surface area contributed by atoms with Crippen LogP contribution in [0.3, 0.4) is 0 Å². The standard InChI is InChI=1S/C11H9F2N3O2S/c12-7-3-4-9(8(13)6-7)16(19(17)18)10-2-1-5-15-11(10)14/h1-6H,(H2,14,15)(H,17,18)/p-1. The van der Waals surface area contributed by atoms with E-state index in [0.717, 1.165) is 12.1 Å². The van der Waals surface area contributed by atoms with Gasteiger partial charge in [0.15, 0.2) is 5.82 Å². The van der Waals surface area contributed by atoms with Crippen LogP contribution in [0.1, 0.15) is 0 Å². The quantitative estimate of drug-likeness (QED) is 0.872. The molecule has 0 amide bonds. The van der Waals surface area contributed by atoms with Crippen LogP contribution in [0.4, 0.5) is 26.0 Å².